The highest BCUT2D eigenvalue weighted by molar-refractivity contribution is 6.56. The van der Waals surface area contributed by atoms with Crippen LogP contribution in [0.2, 0.25) is 0 Å². The smallest absolute Gasteiger partial charge is 0.449 e. The lowest BCUT2D eigenvalue weighted by Crippen LogP contribution is -2.41. The highest BCUT2D eigenvalue weighted by Gasteiger charge is 2.52. The molecular weight excluding hydrogens is 532 g/mol. The zero-order valence-electron chi connectivity index (χ0n) is 23.3. The second-order valence-electron chi connectivity index (χ2n) is 11.3. The number of carbonyl (C=O) groups is 1. The molecule has 1 aliphatic carbocycles. The Morgan fingerprint density at radius 2 is 1.51 bits per heavy atom. The van der Waals surface area contributed by atoms with Gasteiger partial charge in [0.15, 0.2) is 0 Å². The molecule has 10 heteroatoms. The Bertz CT molecular complexity index is 1440. The second kappa shape index (κ2) is 10.6. The van der Waals surface area contributed by atoms with Crippen molar-refractivity contribution in [1.29, 1.82) is 0 Å². The third-order valence-electron chi connectivity index (χ3n) is 8.11. The molecule has 0 saturated carbocycles. The zero-order chi connectivity index (χ0) is 29.6. The van der Waals surface area contributed by atoms with E-state index in [1.54, 1.807) is 0 Å². The quantitative estimate of drug-likeness (QED) is 0.253. The van der Waals surface area contributed by atoms with E-state index in [1.165, 1.54) is 18.2 Å². The number of amides is 1. The molecule has 1 heterocycles. The van der Waals surface area contributed by atoms with E-state index in [4.69, 9.17) is 19.8 Å². The number of anilines is 1. The largest absolute Gasteiger partial charge is 0.492 e. The van der Waals surface area contributed by atoms with Gasteiger partial charge in [-0.2, -0.15) is 13.2 Å². The first-order chi connectivity index (χ1) is 19.3. The van der Waals surface area contributed by atoms with Crippen LogP contribution in [-0.2, 0) is 20.2 Å². The van der Waals surface area contributed by atoms with Crippen molar-refractivity contribution in [2.75, 3.05) is 18.9 Å². The predicted octanol–water partition coefficient (Wildman–Crippen LogP) is 6.84. The highest BCUT2D eigenvalue weighted by atomic mass is 19.4. The molecule has 3 aromatic rings. The molecule has 6 nitrogen and oxygen atoms in total. The summed E-state index contributed by atoms with van der Waals surface area (Å²) in [6.07, 6.45) is -4.07. The van der Waals surface area contributed by atoms with Crippen LogP contribution < -0.4 is 11.1 Å². The van der Waals surface area contributed by atoms with Crippen LogP contribution in [0.3, 0.4) is 0 Å². The summed E-state index contributed by atoms with van der Waals surface area (Å²) in [5.41, 5.74) is 7.90. The molecule has 41 heavy (non-hydrogen) atoms. The zero-order valence-corrected chi connectivity index (χ0v) is 23.3. The summed E-state index contributed by atoms with van der Waals surface area (Å²) in [5.74, 6) is -0.135. The van der Waals surface area contributed by atoms with Crippen LogP contribution >= 0.6 is 0 Å². The van der Waals surface area contributed by atoms with Gasteiger partial charge in [-0.15, -0.1) is 0 Å². The predicted molar refractivity (Wildman–Crippen MR) is 153 cm³/mol. The summed E-state index contributed by atoms with van der Waals surface area (Å²) < 4.78 is 59.4. The summed E-state index contributed by atoms with van der Waals surface area (Å²) in [7, 11) is -1.02. The van der Waals surface area contributed by atoms with Crippen LogP contribution in [0.5, 0.6) is 0 Å². The molecule has 1 aliphatic heterocycles. The van der Waals surface area contributed by atoms with Crippen molar-refractivity contribution in [3.05, 3.63) is 94.5 Å². The third kappa shape index (κ3) is 5.58. The Kier molecular flexibility index (Phi) is 7.42. The van der Waals surface area contributed by atoms with E-state index >= 15 is 0 Å². The van der Waals surface area contributed by atoms with Crippen molar-refractivity contribution in [3.8, 4) is 11.1 Å². The Labute approximate surface area is 237 Å². The van der Waals surface area contributed by atoms with Gasteiger partial charge in [-0.25, -0.2) is 4.79 Å². The average Bonchev–Trinajstić information content (AvgIpc) is 3.34. The summed E-state index contributed by atoms with van der Waals surface area (Å²) >= 11 is 0. The summed E-state index contributed by atoms with van der Waals surface area (Å²) in [5, 5.41) is 2.67. The fourth-order valence-corrected chi connectivity index (χ4v) is 5.20. The first-order valence-corrected chi connectivity index (χ1v) is 13.4. The first kappa shape index (κ1) is 28.8. The number of alkyl carbamates (subject to hydrolysis) is 1. The lowest BCUT2D eigenvalue weighted by atomic mass is 9.76. The number of ether oxygens (including phenoxy) is 1. The number of rotatable bonds is 6. The van der Waals surface area contributed by atoms with Gasteiger partial charge in [0, 0.05) is 23.7 Å². The number of benzene rings is 3. The standard InChI is InChI=1S/C31H32BF3N2O4/c1-29(2)30(3,4)41-32(40-29)19(16-24-26(31(33,34)35)14-9-15-27(24)36)17-37-28(38)39-18-25-22-12-7-5-10-20(22)21-11-6-8-13-23(21)25/h5-16,25H,17-18,36H2,1-4H3,(H,37,38). The molecule has 214 valence electrons. The van der Waals surface area contributed by atoms with E-state index < -0.39 is 36.2 Å². The molecule has 3 N–H and O–H groups in total. The Morgan fingerprint density at radius 1 is 0.951 bits per heavy atom. The molecule has 3 aromatic carbocycles. The molecule has 0 bridgehead atoms. The third-order valence-corrected chi connectivity index (χ3v) is 8.11. The number of alkyl halides is 3. The van der Waals surface area contributed by atoms with Gasteiger partial charge in [0.05, 0.1) is 16.8 Å². The number of hydrogen-bond acceptors (Lipinski definition) is 5. The number of carbonyl (C=O) groups excluding carboxylic acids is 1. The van der Waals surface area contributed by atoms with Crippen molar-refractivity contribution in [1.82, 2.24) is 5.32 Å². The Morgan fingerprint density at radius 3 is 2.07 bits per heavy atom. The number of nitrogens with two attached hydrogens (primary N) is 1. The number of nitrogens with one attached hydrogen (secondary N) is 1. The number of hydrogen-bond donors (Lipinski definition) is 2. The van der Waals surface area contributed by atoms with Gasteiger partial charge in [0.25, 0.3) is 0 Å². The average molecular weight is 564 g/mol. The van der Waals surface area contributed by atoms with Gasteiger partial charge in [-0.1, -0.05) is 60.7 Å². The summed E-state index contributed by atoms with van der Waals surface area (Å²) in [6, 6.07) is 19.6. The lowest BCUT2D eigenvalue weighted by Gasteiger charge is -2.32. The van der Waals surface area contributed by atoms with E-state index in [2.05, 4.69) is 5.32 Å². The maximum absolute atomic E-state index is 13.8. The molecular formula is C31H32BF3N2O4. The molecule has 0 radical (unpaired) electrons. The second-order valence-corrected chi connectivity index (χ2v) is 11.3. The summed E-state index contributed by atoms with van der Waals surface area (Å²) in [4.78, 5) is 12.9. The Balaban J connectivity index is 1.37. The van der Waals surface area contributed by atoms with Gasteiger partial charge in [0.1, 0.15) is 6.61 Å². The van der Waals surface area contributed by atoms with Gasteiger partial charge >= 0.3 is 19.4 Å². The van der Waals surface area contributed by atoms with Gasteiger partial charge < -0.3 is 25.1 Å². The molecule has 1 fully saturated rings. The first-order valence-electron chi connectivity index (χ1n) is 13.4. The van der Waals surface area contributed by atoms with Gasteiger partial charge in [0.2, 0.25) is 0 Å². The van der Waals surface area contributed by atoms with E-state index in [9.17, 15) is 18.0 Å². The van der Waals surface area contributed by atoms with E-state index in [-0.39, 0.29) is 35.8 Å². The van der Waals surface area contributed by atoms with Crippen molar-refractivity contribution in [3.63, 3.8) is 0 Å². The monoisotopic (exact) mass is 564 g/mol. The minimum atomic E-state index is -4.64. The molecule has 0 unspecified atom stereocenters. The molecule has 1 amide bonds. The fourth-order valence-electron chi connectivity index (χ4n) is 5.20. The van der Waals surface area contributed by atoms with Gasteiger partial charge in [-0.3, -0.25) is 0 Å². The van der Waals surface area contributed by atoms with Crippen LogP contribution in [-0.4, -0.2) is 37.6 Å². The molecule has 5 rings (SSSR count). The maximum Gasteiger partial charge on any atom is 0.492 e. The van der Waals surface area contributed by atoms with E-state index in [0.29, 0.717) is 0 Å². The number of nitrogen functional groups attached to an aromatic ring is 1. The molecule has 0 spiro atoms. The minimum absolute atomic E-state index is 0.0602. The fraction of sp³-hybridized carbons (Fsp3) is 0.323. The topological polar surface area (TPSA) is 82.8 Å². The molecule has 1 saturated heterocycles. The number of fused-ring (bicyclic) bond motifs is 3. The van der Waals surface area contributed by atoms with E-state index in [1.807, 2.05) is 76.2 Å². The minimum Gasteiger partial charge on any atom is -0.449 e. The van der Waals surface area contributed by atoms with Crippen LogP contribution in [0, 0.1) is 0 Å². The maximum atomic E-state index is 13.8. The number of halogens is 3. The van der Waals surface area contributed by atoms with Crippen LogP contribution in [0.15, 0.2) is 72.2 Å². The Hall–Kier alpha value is -3.76. The van der Waals surface area contributed by atoms with Gasteiger partial charge in [-0.05, 0) is 67.6 Å². The van der Waals surface area contributed by atoms with Crippen LogP contribution in [0.4, 0.5) is 23.7 Å². The van der Waals surface area contributed by atoms with E-state index in [0.717, 1.165) is 28.3 Å². The SMILES string of the molecule is CC1(C)OB(C(=Cc2c(N)cccc2C(F)(F)F)CNC(=O)OCC2c3ccccc3-c3ccccc32)OC1(C)C. The highest BCUT2D eigenvalue weighted by Crippen LogP contribution is 2.45. The summed E-state index contributed by atoms with van der Waals surface area (Å²) in [6.45, 7) is 7.25. The molecule has 0 atom stereocenters. The van der Waals surface area contributed by atoms with Crippen LogP contribution in [0.25, 0.3) is 17.2 Å². The van der Waals surface area contributed by atoms with Crippen molar-refractivity contribution >= 4 is 25.0 Å². The normalized spacial score (nSPS) is 17.7. The van der Waals surface area contributed by atoms with Crippen molar-refractivity contribution in [2.24, 2.45) is 0 Å². The molecule has 2 aliphatic rings. The molecule has 0 aromatic heterocycles. The van der Waals surface area contributed by atoms with Crippen molar-refractivity contribution in [2.45, 2.75) is 51.0 Å². The van der Waals surface area contributed by atoms with Crippen molar-refractivity contribution < 1.29 is 32.0 Å². The van der Waals surface area contributed by atoms with Crippen LogP contribution in [0.1, 0.15) is 55.9 Å². The lowest BCUT2D eigenvalue weighted by molar-refractivity contribution is -0.137.